The maximum absolute atomic E-state index is 5.16. The molecule has 0 saturated carbocycles. The van der Waals surface area contributed by atoms with Gasteiger partial charge >= 0.3 is 0 Å². The quantitative estimate of drug-likeness (QED) is 0.389. The highest BCUT2D eigenvalue weighted by molar-refractivity contribution is 7.79. The average molecular weight is 128 g/mol. The number of hydrogen-bond acceptors (Lipinski definition) is 2. The van der Waals surface area contributed by atoms with Crippen LogP contribution in [0.2, 0.25) is 0 Å². The van der Waals surface area contributed by atoms with Crippen molar-refractivity contribution in [3.8, 4) is 0 Å². The van der Waals surface area contributed by atoms with Crippen LogP contribution >= 0.6 is 12.2 Å². The van der Waals surface area contributed by atoms with Crippen LogP contribution in [-0.2, 0) is 4.74 Å². The highest BCUT2D eigenvalue weighted by atomic mass is 32.1. The van der Waals surface area contributed by atoms with E-state index in [1.54, 1.807) is 5.37 Å². The minimum absolute atomic E-state index is 0.164. The summed E-state index contributed by atoms with van der Waals surface area (Å²) in [5.74, 6) is 0. The smallest absolute Gasteiger partial charge is 0.0899 e. The first-order valence-corrected chi connectivity index (χ1v) is 3.03. The molecule has 0 unspecified atom stereocenters. The van der Waals surface area contributed by atoms with E-state index in [0.717, 1.165) is 12.0 Å². The van der Waals surface area contributed by atoms with Crippen molar-refractivity contribution in [1.29, 1.82) is 0 Å². The number of hydrogen-bond donors (Lipinski definition) is 0. The molecule has 1 nitrogen and oxygen atoms in total. The van der Waals surface area contributed by atoms with Crippen molar-refractivity contribution < 1.29 is 4.74 Å². The molecular formula is C6H8OS. The van der Waals surface area contributed by atoms with Crippen LogP contribution in [0.5, 0.6) is 0 Å². The third-order valence-corrected chi connectivity index (χ3v) is 1.45. The first-order valence-electron chi connectivity index (χ1n) is 2.56. The zero-order valence-electron chi connectivity index (χ0n) is 4.59. The predicted molar refractivity (Wildman–Crippen MR) is 37.2 cm³/mol. The minimum Gasteiger partial charge on any atom is -0.369 e. The lowest BCUT2D eigenvalue weighted by Gasteiger charge is -1.95. The van der Waals surface area contributed by atoms with E-state index in [-0.39, 0.29) is 6.10 Å². The molecule has 0 aromatic heterocycles. The third-order valence-electron chi connectivity index (χ3n) is 1.14. The molecule has 0 aromatic carbocycles. The largest absolute Gasteiger partial charge is 0.369 e. The van der Waals surface area contributed by atoms with Gasteiger partial charge in [-0.15, -0.1) is 0 Å². The molecule has 0 amide bonds. The van der Waals surface area contributed by atoms with Crippen LogP contribution in [0.3, 0.4) is 0 Å². The highest BCUT2D eigenvalue weighted by Crippen LogP contribution is 2.14. The Morgan fingerprint density at radius 2 is 2.62 bits per heavy atom. The van der Waals surface area contributed by atoms with Gasteiger partial charge in [-0.3, -0.25) is 0 Å². The second-order valence-electron chi connectivity index (χ2n) is 1.94. The van der Waals surface area contributed by atoms with Gasteiger partial charge in [0.15, 0.2) is 0 Å². The topological polar surface area (TPSA) is 9.23 Å². The molecule has 44 valence electrons. The van der Waals surface area contributed by atoms with Crippen molar-refractivity contribution in [2.75, 3.05) is 6.61 Å². The van der Waals surface area contributed by atoms with Gasteiger partial charge in [-0.1, -0.05) is 18.8 Å². The molecule has 1 aliphatic rings. The lowest BCUT2D eigenvalue weighted by atomic mass is 10.2. The molecule has 1 heterocycles. The molecule has 1 atom stereocenters. The Balaban J connectivity index is 2.43. The SMILES string of the molecule is C=C1CO[C@@H](C=S)C1. The van der Waals surface area contributed by atoms with E-state index in [2.05, 4.69) is 18.8 Å². The van der Waals surface area contributed by atoms with Gasteiger partial charge in [0, 0.05) is 11.8 Å². The standard InChI is InChI=1S/C6H8OS/c1-5-2-6(4-8)7-3-5/h4,6H,1-3H2/t6-/m1/s1. The van der Waals surface area contributed by atoms with Crippen LogP contribution in [0.15, 0.2) is 12.2 Å². The lowest BCUT2D eigenvalue weighted by Crippen LogP contribution is -2.02. The van der Waals surface area contributed by atoms with E-state index >= 15 is 0 Å². The second kappa shape index (κ2) is 2.37. The van der Waals surface area contributed by atoms with E-state index in [1.165, 1.54) is 0 Å². The summed E-state index contributed by atoms with van der Waals surface area (Å²) in [6.45, 7) is 4.45. The van der Waals surface area contributed by atoms with Crippen molar-refractivity contribution in [3.05, 3.63) is 12.2 Å². The molecule has 0 radical (unpaired) electrons. The van der Waals surface area contributed by atoms with Crippen molar-refractivity contribution in [2.24, 2.45) is 0 Å². The lowest BCUT2D eigenvalue weighted by molar-refractivity contribution is 0.168. The van der Waals surface area contributed by atoms with Crippen molar-refractivity contribution in [3.63, 3.8) is 0 Å². The zero-order chi connectivity index (χ0) is 5.98. The normalized spacial score (nSPS) is 28.5. The van der Waals surface area contributed by atoms with E-state index in [9.17, 15) is 0 Å². The molecule has 0 spiro atoms. The van der Waals surface area contributed by atoms with Gasteiger partial charge < -0.3 is 4.74 Å². The van der Waals surface area contributed by atoms with Gasteiger partial charge in [-0.2, -0.15) is 0 Å². The maximum atomic E-state index is 5.16. The Morgan fingerprint density at radius 3 is 2.88 bits per heavy atom. The summed E-state index contributed by atoms with van der Waals surface area (Å²) >= 11 is 4.67. The fourth-order valence-corrected chi connectivity index (χ4v) is 0.889. The summed E-state index contributed by atoms with van der Waals surface area (Å²) in [5, 5.41) is 1.65. The maximum Gasteiger partial charge on any atom is 0.0899 e. The molecule has 8 heavy (non-hydrogen) atoms. The van der Waals surface area contributed by atoms with Gasteiger partial charge in [0.05, 0.1) is 12.7 Å². The van der Waals surface area contributed by atoms with Gasteiger partial charge in [-0.25, -0.2) is 0 Å². The van der Waals surface area contributed by atoms with E-state index in [1.807, 2.05) is 0 Å². The second-order valence-corrected chi connectivity index (χ2v) is 2.21. The zero-order valence-corrected chi connectivity index (χ0v) is 5.41. The minimum atomic E-state index is 0.164. The van der Waals surface area contributed by atoms with Crippen molar-refractivity contribution >= 4 is 17.6 Å². The number of ether oxygens (including phenoxy) is 1. The summed E-state index contributed by atoms with van der Waals surface area (Å²) < 4.78 is 5.16. The van der Waals surface area contributed by atoms with E-state index in [0.29, 0.717) is 6.61 Å². The average Bonchev–Trinajstić information content (AvgIpc) is 2.14. The first kappa shape index (κ1) is 5.92. The molecule has 1 aliphatic heterocycles. The summed E-state index contributed by atoms with van der Waals surface area (Å²) in [4.78, 5) is 0. The summed E-state index contributed by atoms with van der Waals surface area (Å²) in [5.41, 5.74) is 1.15. The highest BCUT2D eigenvalue weighted by Gasteiger charge is 2.14. The molecule has 0 aromatic rings. The van der Waals surface area contributed by atoms with Crippen LogP contribution < -0.4 is 0 Å². The Kier molecular flexibility index (Phi) is 1.76. The Morgan fingerprint density at radius 1 is 1.88 bits per heavy atom. The summed E-state index contributed by atoms with van der Waals surface area (Å²) in [6, 6.07) is 0. The molecule has 0 bridgehead atoms. The van der Waals surface area contributed by atoms with Crippen LogP contribution in [0, 0.1) is 0 Å². The fraction of sp³-hybridized carbons (Fsp3) is 0.500. The molecule has 0 aliphatic carbocycles. The summed E-state index contributed by atoms with van der Waals surface area (Å²) in [6.07, 6.45) is 1.08. The van der Waals surface area contributed by atoms with Gasteiger partial charge in [0.1, 0.15) is 0 Å². The Labute approximate surface area is 54.3 Å². The number of thiocarbonyl (C=S) groups is 1. The molecular weight excluding hydrogens is 120 g/mol. The van der Waals surface area contributed by atoms with Crippen LogP contribution in [-0.4, -0.2) is 18.1 Å². The summed E-state index contributed by atoms with van der Waals surface area (Å²) in [7, 11) is 0. The van der Waals surface area contributed by atoms with Crippen LogP contribution in [0.25, 0.3) is 0 Å². The molecule has 1 saturated heterocycles. The Hall–Kier alpha value is -0.210. The monoisotopic (exact) mass is 128 g/mol. The molecule has 1 fully saturated rings. The van der Waals surface area contributed by atoms with Crippen LogP contribution in [0.1, 0.15) is 6.42 Å². The van der Waals surface area contributed by atoms with Crippen molar-refractivity contribution in [2.45, 2.75) is 12.5 Å². The molecule has 2 heteroatoms. The van der Waals surface area contributed by atoms with Crippen molar-refractivity contribution in [1.82, 2.24) is 0 Å². The van der Waals surface area contributed by atoms with Gasteiger partial charge in [-0.05, 0) is 5.57 Å². The van der Waals surface area contributed by atoms with E-state index in [4.69, 9.17) is 4.74 Å². The molecule has 0 N–H and O–H groups in total. The first-order chi connectivity index (χ1) is 3.83. The fourth-order valence-electron chi connectivity index (χ4n) is 0.715. The Bertz CT molecular complexity index is 120. The molecule has 1 rings (SSSR count). The predicted octanol–water partition coefficient (Wildman–Crippen LogP) is 1.33. The van der Waals surface area contributed by atoms with Gasteiger partial charge in [0.25, 0.3) is 0 Å². The third kappa shape index (κ3) is 1.14. The van der Waals surface area contributed by atoms with E-state index < -0.39 is 0 Å². The van der Waals surface area contributed by atoms with Gasteiger partial charge in [0.2, 0.25) is 0 Å². The number of rotatable bonds is 1. The van der Waals surface area contributed by atoms with Crippen LogP contribution in [0.4, 0.5) is 0 Å².